The molecule has 1 aromatic carbocycles. The maximum absolute atomic E-state index is 11.0. The van der Waals surface area contributed by atoms with E-state index >= 15 is 0 Å². The van der Waals surface area contributed by atoms with Crippen molar-refractivity contribution in [2.24, 2.45) is 0 Å². The van der Waals surface area contributed by atoms with E-state index in [1.807, 2.05) is 6.07 Å². The summed E-state index contributed by atoms with van der Waals surface area (Å²) >= 11 is 3.48. The molecule has 4 heteroatoms. The van der Waals surface area contributed by atoms with Crippen molar-refractivity contribution in [2.45, 2.75) is 0 Å². The lowest BCUT2D eigenvalue weighted by molar-refractivity contribution is 0.561. The average molecular weight is 280 g/mol. The predicted octanol–water partition coefficient (Wildman–Crippen LogP) is 3.15. The van der Waals surface area contributed by atoms with Crippen LogP contribution in [0, 0.1) is 0 Å². The summed E-state index contributed by atoms with van der Waals surface area (Å²) in [5.74, 6) is 0. The largest absolute Gasteiger partial charge is 0.423 e. The quantitative estimate of drug-likeness (QED) is 0.693. The molecule has 2 rings (SSSR count). The number of fused-ring (bicyclic) bond motifs is 1. The summed E-state index contributed by atoms with van der Waals surface area (Å²) in [5, 5.41) is 4.05. The van der Waals surface area contributed by atoms with Crippen molar-refractivity contribution in [3.8, 4) is 0 Å². The van der Waals surface area contributed by atoms with Gasteiger partial charge in [0.05, 0.1) is 4.47 Å². The number of halogens is 1. The highest BCUT2D eigenvalue weighted by Gasteiger charge is 2.05. The first kappa shape index (κ1) is 11.0. The first-order valence-corrected chi connectivity index (χ1v) is 5.59. The number of rotatable bonds is 3. The Hall–Kier alpha value is -1.55. The molecular formula is C12H10BrNO2. The lowest BCUT2D eigenvalue weighted by Crippen LogP contribution is -2.00. The minimum atomic E-state index is -0.341. The third-order valence-corrected chi connectivity index (χ3v) is 3.03. The van der Waals surface area contributed by atoms with Crippen molar-refractivity contribution in [3.63, 3.8) is 0 Å². The van der Waals surface area contributed by atoms with Crippen molar-refractivity contribution in [1.29, 1.82) is 0 Å². The summed E-state index contributed by atoms with van der Waals surface area (Å²) in [4.78, 5) is 11.0. The fourth-order valence-electron chi connectivity index (χ4n) is 1.43. The smallest absolute Gasteiger partial charge is 0.336 e. The number of hydrogen-bond acceptors (Lipinski definition) is 3. The van der Waals surface area contributed by atoms with E-state index in [-0.39, 0.29) is 5.63 Å². The standard InChI is InChI=1S/C12H10BrNO2/c1-2-7-14-9-4-5-10-8(12(9)13)3-6-11(15)16-10/h2-6,14H,1,7H2. The third-order valence-electron chi connectivity index (χ3n) is 2.17. The van der Waals surface area contributed by atoms with E-state index in [0.29, 0.717) is 12.1 Å². The average Bonchev–Trinajstić information content (AvgIpc) is 2.28. The molecule has 0 aliphatic rings. The lowest BCUT2D eigenvalue weighted by Gasteiger charge is -2.07. The Morgan fingerprint density at radius 1 is 1.38 bits per heavy atom. The maximum atomic E-state index is 11.0. The second-order valence-electron chi connectivity index (χ2n) is 3.26. The Balaban J connectivity index is 2.56. The SMILES string of the molecule is C=CCNc1ccc2oc(=O)ccc2c1Br. The van der Waals surface area contributed by atoms with E-state index in [0.717, 1.165) is 15.5 Å². The van der Waals surface area contributed by atoms with Gasteiger partial charge >= 0.3 is 5.63 Å². The molecule has 0 bridgehead atoms. The van der Waals surface area contributed by atoms with Crippen LogP contribution >= 0.6 is 15.9 Å². The highest BCUT2D eigenvalue weighted by Crippen LogP contribution is 2.30. The second kappa shape index (κ2) is 4.53. The number of hydrogen-bond donors (Lipinski definition) is 1. The predicted molar refractivity (Wildman–Crippen MR) is 68.9 cm³/mol. The van der Waals surface area contributed by atoms with Crippen molar-refractivity contribution >= 4 is 32.6 Å². The molecule has 0 amide bonds. The molecule has 0 fully saturated rings. The van der Waals surface area contributed by atoms with E-state index in [1.54, 1.807) is 18.2 Å². The van der Waals surface area contributed by atoms with Crippen molar-refractivity contribution in [3.05, 3.63) is 51.8 Å². The molecule has 0 atom stereocenters. The number of anilines is 1. The zero-order chi connectivity index (χ0) is 11.5. The van der Waals surface area contributed by atoms with Crippen LogP contribution in [0.5, 0.6) is 0 Å². The van der Waals surface area contributed by atoms with Gasteiger partial charge in [0, 0.05) is 23.7 Å². The van der Waals surface area contributed by atoms with Gasteiger partial charge in [-0.25, -0.2) is 4.79 Å². The van der Waals surface area contributed by atoms with Gasteiger partial charge in [-0.1, -0.05) is 6.08 Å². The molecule has 82 valence electrons. The van der Waals surface area contributed by atoms with Gasteiger partial charge in [-0.15, -0.1) is 6.58 Å². The van der Waals surface area contributed by atoms with Crippen LogP contribution in [-0.2, 0) is 0 Å². The molecular weight excluding hydrogens is 270 g/mol. The van der Waals surface area contributed by atoms with E-state index in [9.17, 15) is 4.79 Å². The van der Waals surface area contributed by atoms with Gasteiger partial charge < -0.3 is 9.73 Å². The molecule has 2 aromatic rings. The molecule has 0 saturated heterocycles. The van der Waals surface area contributed by atoms with Crippen LogP contribution in [0.1, 0.15) is 0 Å². The van der Waals surface area contributed by atoms with Crippen molar-refractivity contribution in [1.82, 2.24) is 0 Å². The van der Waals surface area contributed by atoms with Gasteiger partial charge in [0.25, 0.3) is 0 Å². The molecule has 0 radical (unpaired) electrons. The highest BCUT2D eigenvalue weighted by molar-refractivity contribution is 9.10. The lowest BCUT2D eigenvalue weighted by atomic mass is 10.2. The summed E-state index contributed by atoms with van der Waals surface area (Å²) in [6, 6.07) is 6.78. The molecule has 0 aliphatic heterocycles. The molecule has 0 aliphatic carbocycles. The van der Waals surface area contributed by atoms with E-state index < -0.39 is 0 Å². The van der Waals surface area contributed by atoms with Gasteiger partial charge in [0.15, 0.2) is 0 Å². The summed E-state index contributed by atoms with van der Waals surface area (Å²) < 4.78 is 5.95. The fraction of sp³-hybridized carbons (Fsp3) is 0.0833. The summed E-state index contributed by atoms with van der Waals surface area (Å²) in [6.45, 7) is 4.32. The van der Waals surface area contributed by atoms with E-state index in [4.69, 9.17) is 4.42 Å². The number of benzene rings is 1. The molecule has 3 nitrogen and oxygen atoms in total. The maximum Gasteiger partial charge on any atom is 0.336 e. The van der Waals surface area contributed by atoms with Crippen LogP contribution in [0.15, 0.2) is 50.6 Å². The van der Waals surface area contributed by atoms with Crippen LogP contribution < -0.4 is 10.9 Å². The van der Waals surface area contributed by atoms with Crippen molar-refractivity contribution < 1.29 is 4.42 Å². The Labute approximate surface area is 101 Å². The zero-order valence-corrected chi connectivity index (χ0v) is 10.1. The minimum Gasteiger partial charge on any atom is -0.423 e. The molecule has 0 saturated carbocycles. The zero-order valence-electron chi connectivity index (χ0n) is 8.50. The molecule has 0 unspecified atom stereocenters. The minimum absolute atomic E-state index is 0.341. The molecule has 1 heterocycles. The highest BCUT2D eigenvalue weighted by atomic mass is 79.9. The fourth-order valence-corrected chi connectivity index (χ4v) is 2.03. The first-order valence-electron chi connectivity index (χ1n) is 4.79. The van der Waals surface area contributed by atoms with Crippen LogP contribution in [0.4, 0.5) is 5.69 Å². The van der Waals surface area contributed by atoms with E-state index in [1.165, 1.54) is 6.07 Å². The van der Waals surface area contributed by atoms with Crippen LogP contribution in [0.3, 0.4) is 0 Å². The Morgan fingerprint density at radius 3 is 2.94 bits per heavy atom. The first-order chi connectivity index (χ1) is 7.72. The molecule has 1 N–H and O–H groups in total. The molecule has 0 spiro atoms. The summed E-state index contributed by atoms with van der Waals surface area (Å²) in [7, 11) is 0. The Kier molecular flexibility index (Phi) is 3.10. The molecule has 16 heavy (non-hydrogen) atoms. The van der Waals surface area contributed by atoms with Crippen LogP contribution in [0.2, 0.25) is 0 Å². The molecule has 1 aromatic heterocycles. The van der Waals surface area contributed by atoms with Crippen LogP contribution in [0.25, 0.3) is 11.0 Å². The summed E-state index contributed by atoms with van der Waals surface area (Å²) in [5.41, 5.74) is 1.18. The Bertz CT molecular complexity index is 589. The second-order valence-corrected chi connectivity index (χ2v) is 4.06. The monoisotopic (exact) mass is 279 g/mol. The van der Waals surface area contributed by atoms with Gasteiger partial charge in [-0.3, -0.25) is 0 Å². The number of nitrogens with one attached hydrogen (secondary N) is 1. The van der Waals surface area contributed by atoms with Gasteiger partial charge in [0.2, 0.25) is 0 Å². The van der Waals surface area contributed by atoms with Gasteiger partial charge in [-0.2, -0.15) is 0 Å². The summed E-state index contributed by atoms with van der Waals surface area (Å²) in [6.07, 6.45) is 1.78. The van der Waals surface area contributed by atoms with Gasteiger partial charge in [-0.05, 0) is 34.1 Å². The van der Waals surface area contributed by atoms with Gasteiger partial charge in [0.1, 0.15) is 5.58 Å². The van der Waals surface area contributed by atoms with Crippen LogP contribution in [-0.4, -0.2) is 6.54 Å². The van der Waals surface area contributed by atoms with E-state index in [2.05, 4.69) is 27.8 Å². The normalized spacial score (nSPS) is 10.3. The Morgan fingerprint density at radius 2 is 2.19 bits per heavy atom. The van der Waals surface area contributed by atoms with Crippen molar-refractivity contribution in [2.75, 3.05) is 11.9 Å². The topological polar surface area (TPSA) is 42.2 Å². The third kappa shape index (κ3) is 2.02.